The molecule has 1 heterocycles. The zero-order valence-corrected chi connectivity index (χ0v) is 15.6. The van der Waals surface area contributed by atoms with Gasteiger partial charge in [-0.3, -0.25) is 10.0 Å². The first-order valence-corrected chi connectivity index (χ1v) is 9.58. The Bertz CT molecular complexity index is 1190. The van der Waals surface area contributed by atoms with E-state index in [4.69, 9.17) is 10.3 Å². The number of nitrogens with zero attached hydrogens (tertiary/aromatic N) is 3. The van der Waals surface area contributed by atoms with Crippen LogP contribution in [0.15, 0.2) is 65.7 Å². The van der Waals surface area contributed by atoms with Gasteiger partial charge in [-0.25, -0.2) is 18.6 Å². The summed E-state index contributed by atoms with van der Waals surface area (Å²) in [5.74, 6) is 1.41. The van der Waals surface area contributed by atoms with Gasteiger partial charge in [0.15, 0.2) is 0 Å². The Kier molecular flexibility index (Phi) is 5.28. The molecule has 0 aliphatic rings. The van der Waals surface area contributed by atoms with Crippen LogP contribution in [0.5, 0.6) is 0 Å². The molecule has 9 heteroatoms. The number of sulfonamides is 1. The molecule has 0 saturated carbocycles. The van der Waals surface area contributed by atoms with Crippen molar-refractivity contribution in [2.24, 2.45) is 5.14 Å². The van der Waals surface area contributed by atoms with Crippen molar-refractivity contribution >= 4 is 15.9 Å². The summed E-state index contributed by atoms with van der Waals surface area (Å²) in [4.78, 5) is 11.4. The lowest BCUT2D eigenvalue weighted by molar-refractivity contribution is -0.152. The van der Waals surface area contributed by atoms with Gasteiger partial charge in [0.2, 0.25) is 10.0 Å². The molecule has 1 amide bonds. The highest BCUT2D eigenvalue weighted by Crippen LogP contribution is 2.34. The van der Waals surface area contributed by atoms with Crippen LogP contribution in [0.25, 0.3) is 22.4 Å². The molecule has 142 valence electrons. The summed E-state index contributed by atoms with van der Waals surface area (Å²) in [7, 11) is -2.83. The van der Waals surface area contributed by atoms with Crippen LogP contribution in [-0.2, 0) is 14.8 Å². The minimum absolute atomic E-state index is 0.0726. The van der Waals surface area contributed by atoms with Gasteiger partial charge < -0.3 is 0 Å². The lowest BCUT2D eigenvalue weighted by atomic mass is 10.0. The SMILES string of the molecule is CN(O)C(=O)C#Cn1cc(-c2ccccc2)c(-c2ccccc2S(N)(=O)=O)n1. The number of rotatable bonds is 3. The fourth-order valence-electron chi connectivity index (χ4n) is 2.56. The molecular weight excluding hydrogens is 380 g/mol. The Balaban J connectivity index is 2.23. The quantitative estimate of drug-likeness (QED) is 0.395. The van der Waals surface area contributed by atoms with Gasteiger partial charge in [-0.05, 0) is 11.6 Å². The summed E-state index contributed by atoms with van der Waals surface area (Å²) in [6.07, 6.45) is 1.57. The van der Waals surface area contributed by atoms with E-state index < -0.39 is 15.9 Å². The number of aromatic nitrogens is 2. The first kappa shape index (κ1) is 19.3. The van der Waals surface area contributed by atoms with E-state index in [0.717, 1.165) is 12.6 Å². The zero-order chi connectivity index (χ0) is 20.3. The zero-order valence-electron chi connectivity index (χ0n) is 14.8. The number of primary sulfonamides is 1. The molecule has 0 spiro atoms. The molecule has 0 fully saturated rings. The third-order valence-electron chi connectivity index (χ3n) is 3.82. The van der Waals surface area contributed by atoms with Gasteiger partial charge in [-0.1, -0.05) is 48.5 Å². The molecular formula is C19H16N4O4S. The first-order valence-electron chi connectivity index (χ1n) is 8.03. The third kappa shape index (κ3) is 4.10. The minimum atomic E-state index is -3.99. The minimum Gasteiger partial charge on any atom is -0.285 e. The molecule has 8 nitrogen and oxygen atoms in total. The van der Waals surface area contributed by atoms with Crippen molar-refractivity contribution in [2.45, 2.75) is 4.90 Å². The lowest BCUT2D eigenvalue weighted by Gasteiger charge is -2.07. The molecule has 0 aliphatic heterocycles. The van der Waals surface area contributed by atoms with E-state index in [0.29, 0.717) is 21.9 Å². The Morgan fingerprint density at radius 3 is 2.39 bits per heavy atom. The van der Waals surface area contributed by atoms with E-state index in [1.165, 1.54) is 10.7 Å². The van der Waals surface area contributed by atoms with Gasteiger partial charge in [0.25, 0.3) is 0 Å². The molecule has 3 aromatic rings. The van der Waals surface area contributed by atoms with E-state index in [1.807, 2.05) is 30.3 Å². The molecule has 0 atom stereocenters. The molecule has 0 saturated heterocycles. The van der Waals surface area contributed by atoms with Crippen LogP contribution in [0.1, 0.15) is 0 Å². The largest absolute Gasteiger partial charge is 0.323 e. The number of carbonyl (C=O) groups excluding carboxylic acids is 1. The van der Waals surface area contributed by atoms with E-state index in [1.54, 1.807) is 24.4 Å². The number of amides is 1. The molecule has 3 N–H and O–H groups in total. The normalized spacial score (nSPS) is 10.8. The second-order valence-corrected chi connectivity index (χ2v) is 7.34. The maximum absolute atomic E-state index is 12.0. The standard InChI is InChI=1S/C19H16N4O4S/c1-22(25)18(24)11-12-23-13-16(14-7-3-2-4-8-14)19(21-23)15-9-5-6-10-17(15)28(20,26)27/h2-10,13,25H,1H3,(H2,20,26,27). The van der Waals surface area contributed by atoms with Crippen molar-refractivity contribution in [1.29, 1.82) is 0 Å². The number of hydrogen-bond acceptors (Lipinski definition) is 5. The van der Waals surface area contributed by atoms with Crippen molar-refractivity contribution in [1.82, 2.24) is 14.8 Å². The fourth-order valence-corrected chi connectivity index (χ4v) is 3.29. The summed E-state index contributed by atoms with van der Waals surface area (Å²) >= 11 is 0. The number of hydroxylamine groups is 2. The summed E-state index contributed by atoms with van der Waals surface area (Å²) in [5, 5.41) is 19.2. The van der Waals surface area contributed by atoms with Gasteiger partial charge in [-0.2, -0.15) is 9.78 Å². The van der Waals surface area contributed by atoms with E-state index >= 15 is 0 Å². The Labute approximate surface area is 161 Å². The molecule has 28 heavy (non-hydrogen) atoms. The summed E-state index contributed by atoms with van der Waals surface area (Å²) in [6.45, 7) is 0. The van der Waals surface area contributed by atoms with Gasteiger partial charge in [0.05, 0.1) is 4.90 Å². The van der Waals surface area contributed by atoms with Crippen molar-refractivity contribution in [3.05, 3.63) is 60.8 Å². The first-order chi connectivity index (χ1) is 13.3. The average Bonchev–Trinajstić information content (AvgIpc) is 3.10. The molecule has 0 bridgehead atoms. The van der Waals surface area contributed by atoms with Crippen LogP contribution in [0.4, 0.5) is 0 Å². The average molecular weight is 396 g/mol. The summed E-state index contributed by atoms with van der Waals surface area (Å²) in [6, 6.07) is 17.9. The van der Waals surface area contributed by atoms with Crippen molar-refractivity contribution in [3.8, 4) is 34.3 Å². The lowest BCUT2D eigenvalue weighted by Crippen LogP contribution is -2.20. The van der Waals surface area contributed by atoms with Crippen molar-refractivity contribution < 1.29 is 18.4 Å². The Morgan fingerprint density at radius 2 is 1.75 bits per heavy atom. The molecule has 3 rings (SSSR count). The van der Waals surface area contributed by atoms with Crippen LogP contribution >= 0.6 is 0 Å². The second kappa shape index (κ2) is 7.66. The number of carbonyl (C=O) groups is 1. The highest BCUT2D eigenvalue weighted by Gasteiger charge is 2.20. The van der Waals surface area contributed by atoms with Crippen LogP contribution in [0.2, 0.25) is 0 Å². The fraction of sp³-hybridized carbons (Fsp3) is 0.0526. The topological polar surface area (TPSA) is 119 Å². The highest BCUT2D eigenvalue weighted by molar-refractivity contribution is 7.89. The number of hydrogen-bond donors (Lipinski definition) is 2. The number of nitrogens with two attached hydrogens (primary N) is 1. The predicted molar refractivity (Wildman–Crippen MR) is 102 cm³/mol. The second-order valence-electron chi connectivity index (χ2n) is 5.81. The van der Waals surface area contributed by atoms with Crippen LogP contribution in [-0.4, -0.2) is 41.4 Å². The van der Waals surface area contributed by atoms with Crippen molar-refractivity contribution in [2.75, 3.05) is 7.05 Å². The molecule has 0 unspecified atom stereocenters. The van der Waals surface area contributed by atoms with Crippen LogP contribution in [0, 0.1) is 12.0 Å². The molecule has 0 radical (unpaired) electrons. The summed E-state index contributed by atoms with van der Waals surface area (Å²) in [5.41, 5.74) is 2.04. The number of benzene rings is 2. The highest BCUT2D eigenvalue weighted by atomic mass is 32.2. The maximum Gasteiger partial charge on any atom is 0.323 e. The van der Waals surface area contributed by atoms with E-state index in [2.05, 4.69) is 17.1 Å². The smallest absolute Gasteiger partial charge is 0.285 e. The Hall–Kier alpha value is -3.45. The van der Waals surface area contributed by atoms with Gasteiger partial charge >= 0.3 is 5.91 Å². The summed E-state index contributed by atoms with van der Waals surface area (Å²) < 4.78 is 25.2. The van der Waals surface area contributed by atoms with Crippen molar-refractivity contribution in [3.63, 3.8) is 0 Å². The molecule has 1 aromatic heterocycles. The molecule has 2 aromatic carbocycles. The van der Waals surface area contributed by atoms with E-state index in [9.17, 15) is 13.2 Å². The predicted octanol–water partition coefficient (Wildman–Crippen LogP) is 1.52. The monoisotopic (exact) mass is 396 g/mol. The maximum atomic E-state index is 12.0. The van der Waals surface area contributed by atoms with Gasteiger partial charge in [0, 0.05) is 36.3 Å². The third-order valence-corrected chi connectivity index (χ3v) is 4.79. The van der Waals surface area contributed by atoms with Gasteiger partial charge in [0.1, 0.15) is 5.69 Å². The molecule has 0 aliphatic carbocycles. The Morgan fingerprint density at radius 1 is 1.11 bits per heavy atom. The van der Waals surface area contributed by atoms with Crippen LogP contribution in [0.3, 0.4) is 0 Å². The van der Waals surface area contributed by atoms with E-state index in [-0.39, 0.29) is 4.90 Å². The van der Waals surface area contributed by atoms with Crippen LogP contribution < -0.4 is 5.14 Å². The van der Waals surface area contributed by atoms with Gasteiger partial charge in [-0.15, -0.1) is 0 Å².